The molecule has 1 saturated carbocycles. The van der Waals surface area contributed by atoms with Gasteiger partial charge >= 0.3 is 0 Å². The SMILES string of the molecule is CN(C)CC1CCCC2c3cc(Cl)ccc3CCC12. The topological polar surface area (TPSA) is 3.24 Å². The Hall–Kier alpha value is -0.530. The Morgan fingerprint density at radius 3 is 2.84 bits per heavy atom. The van der Waals surface area contributed by atoms with Crippen LogP contribution in [0.1, 0.15) is 42.7 Å². The number of nitrogens with zero attached hydrogens (tertiary/aromatic N) is 1. The Labute approximate surface area is 121 Å². The van der Waals surface area contributed by atoms with Gasteiger partial charge in [0.25, 0.3) is 0 Å². The van der Waals surface area contributed by atoms with Crippen LogP contribution in [-0.4, -0.2) is 25.5 Å². The smallest absolute Gasteiger partial charge is 0.0409 e. The summed E-state index contributed by atoms with van der Waals surface area (Å²) in [5, 5.41) is 0.911. The number of rotatable bonds is 2. The number of fused-ring (bicyclic) bond motifs is 3. The van der Waals surface area contributed by atoms with E-state index in [-0.39, 0.29) is 0 Å². The molecule has 0 heterocycles. The zero-order chi connectivity index (χ0) is 13.4. The van der Waals surface area contributed by atoms with Crippen molar-refractivity contribution in [2.24, 2.45) is 11.8 Å². The Bertz CT molecular complexity index is 455. The van der Waals surface area contributed by atoms with Crippen LogP contribution in [-0.2, 0) is 6.42 Å². The van der Waals surface area contributed by atoms with Gasteiger partial charge in [0.15, 0.2) is 0 Å². The van der Waals surface area contributed by atoms with Crippen LogP contribution in [0, 0.1) is 11.8 Å². The van der Waals surface area contributed by atoms with Gasteiger partial charge in [0.2, 0.25) is 0 Å². The summed E-state index contributed by atoms with van der Waals surface area (Å²) in [5.41, 5.74) is 3.11. The lowest BCUT2D eigenvalue weighted by molar-refractivity contribution is 0.146. The molecule has 0 saturated heterocycles. The normalized spacial score (nSPS) is 30.0. The lowest BCUT2D eigenvalue weighted by Gasteiger charge is -2.43. The highest BCUT2D eigenvalue weighted by Crippen LogP contribution is 2.48. The molecule has 104 valence electrons. The van der Waals surface area contributed by atoms with Crippen molar-refractivity contribution in [1.82, 2.24) is 4.90 Å². The van der Waals surface area contributed by atoms with Crippen molar-refractivity contribution in [2.75, 3.05) is 20.6 Å². The van der Waals surface area contributed by atoms with Gasteiger partial charge in [-0.1, -0.05) is 24.1 Å². The van der Waals surface area contributed by atoms with Gasteiger partial charge in [0.05, 0.1) is 0 Å². The van der Waals surface area contributed by atoms with E-state index in [1.807, 2.05) is 0 Å². The van der Waals surface area contributed by atoms with E-state index in [0.717, 1.165) is 22.8 Å². The standard InChI is InChI=1S/C17H24ClN/c1-19(2)11-13-4-3-5-16-15(13)9-7-12-6-8-14(18)10-17(12)16/h6,8,10,13,15-16H,3-5,7,9,11H2,1-2H3. The van der Waals surface area contributed by atoms with Gasteiger partial charge in [0, 0.05) is 11.6 Å². The fourth-order valence-electron chi connectivity index (χ4n) is 4.34. The van der Waals surface area contributed by atoms with Gasteiger partial charge in [-0.3, -0.25) is 0 Å². The van der Waals surface area contributed by atoms with Gasteiger partial charge in [-0.2, -0.15) is 0 Å². The first-order valence-electron chi connectivity index (χ1n) is 7.58. The number of hydrogen-bond acceptors (Lipinski definition) is 1. The predicted molar refractivity (Wildman–Crippen MR) is 81.9 cm³/mol. The summed E-state index contributed by atoms with van der Waals surface area (Å²) >= 11 is 6.22. The highest BCUT2D eigenvalue weighted by molar-refractivity contribution is 6.30. The first-order chi connectivity index (χ1) is 9.15. The highest BCUT2D eigenvalue weighted by atomic mass is 35.5. The molecule has 3 atom stereocenters. The molecule has 0 aromatic heterocycles. The van der Waals surface area contributed by atoms with Crippen molar-refractivity contribution in [3.05, 3.63) is 34.3 Å². The molecule has 3 rings (SSSR count). The predicted octanol–water partition coefficient (Wildman–Crippen LogP) is 4.35. The average molecular weight is 278 g/mol. The van der Waals surface area contributed by atoms with E-state index in [9.17, 15) is 0 Å². The van der Waals surface area contributed by atoms with Crippen molar-refractivity contribution in [3.8, 4) is 0 Å². The second-order valence-corrected chi connectivity index (χ2v) is 7.04. The first kappa shape index (κ1) is 13.5. The minimum atomic E-state index is 0.765. The zero-order valence-electron chi connectivity index (χ0n) is 12.0. The van der Waals surface area contributed by atoms with Crippen LogP contribution in [0.25, 0.3) is 0 Å². The Morgan fingerprint density at radius 2 is 2.05 bits per heavy atom. The third-order valence-electron chi connectivity index (χ3n) is 5.07. The number of halogens is 1. The second-order valence-electron chi connectivity index (χ2n) is 6.61. The molecule has 0 aliphatic heterocycles. The Kier molecular flexibility index (Phi) is 3.86. The number of hydrogen-bond donors (Lipinski definition) is 0. The lowest BCUT2D eigenvalue weighted by atomic mass is 9.63. The summed E-state index contributed by atoms with van der Waals surface area (Å²) in [6, 6.07) is 6.55. The van der Waals surface area contributed by atoms with Crippen molar-refractivity contribution < 1.29 is 0 Å². The third-order valence-corrected chi connectivity index (χ3v) is 5.30. The van der Waals surface area contributed by atoms with Crippen LogP contribution in [0.3, 0.4) is 0 Å². The largest absolute Gasteiger partial charge is 0.309 e. The summed E-state index contributed by atoms with van der Waals surface area (Å²) in [7, 11) is 4.41. The maximum Gasteiger partial charge on any atom is 0.0409 e. The monoisotopic (exact) mass is 277 g/mol. The molecule has 1 aromatic rings. The molecule has 0 bridgehead atoms. The van der Waals surface area contributed by atoms with Crippen LogP contribution in [0.15, 0.2) is 18.2 Å². The first-order valence-corrected chi connectivity index (χ1v) is 7.96. The molecular weight excluding hydrogens is 254 g/mol. The van der Waals surface area contributed by atoms with Gasteiger partial charge in [-0.05, 0) is 80.8 Å². The maximum atomic E-state index is 6.22. The third kappa shape index (κ3) is 2.68. The summed E-state index contributed by atoms with van der Waals surface area (Å²) in [5.74, 6) is 2.52. The molecule has 0 spiro atoms. The zero-order valence-corrected chi connectivity index (χ0v) is 12.8. The second kappa shape index (κ2) is 5.46. The highest BCUT2D eigenvalue weighted by Gasteiger charge is 2.37. The molecule has 0 radical (unpaired) electrons. The van der Waals surface area contributed by atoms with Crippen LogP contribution in [0.4, 0.5) is 0 Å². The van der Waals surface area contributed by atoms with Crippen molar-refractivity contribution in [1.29, 1.82) is 0 Å². The van der Waals surface area contributed by atoms with E-state index in [2.05, 4.69) is 37.2 Å². The Morgan fingerprint density at radius 1 is 1.21 bits per heavy atom. The minimum absolute atomic E-state index is 0.765. The fourth-order valence-corrected chi connectivity index (χ4v) is 4.52. The van der Waals surface area contributed by atoms with E-state index >= 15 is 0 Å². The summed E-state index contributed by atoms with van der Waals surface area (Å²) in [6.07, 6.45) is 6.78. The summed E-state index contributed by atoms with van der Waals surface area (Å²) < 4.78 is 0. The fraction of sp³-hybridized carbons (Fsp3) is 0.647. The average Bonchev–Trinajstić information content (AvgIpc) is 2.38. The van der Waals surface area contributed by atoms with Crippen LogP contribution in [0.2, 0.25) is 5.02 Å². The molecule has 1 fully saturated rings. The van der Waals surface area contributed by atoms with Crippen LogP contribution >= 0.6 is 11.6 Å². The van der Waals surface area contributed by atoms with E-state index in [1.54, 1.807) is 11.1 Å². The van der Waals surface area contributed by atoms with Crippen molar-refractivity contribution >= 4 is 11.6 Å². The molecule has 1 nitrogen and oxygen atoms in total. The summed E-state index contributed by atoms with van der Waals surface area (Å²) in [4.78, 5) is 2.36. The minimum Gasteiger partial charge on any atom is -0.309 e. The maximum absolute atomic E-state index is 6.22. The van der Waals surface area contributed by atoms with Gasteiger partial charge in [-0.25, -0.2) is 0 Å². The molecule has 0 amide bonds. The molecule has 2 aliphatic rings. The van der Waals surface area contributed by atoms with Gasteiger partial charge in [0.1, 0.15) is 0 Å². The van der Waals surface area contributed by atoms with E-state index in [4.69, 9.17) is 11.6 Å². The molecule has 0 N–H and O–H groups in total. The molecular formula is C17H24ClN. The number of aryl methyl sites for hydroxylation is 1. The molecule has 1 aromatic carbocycles. The van der Waals surface area contributed by atoms with E-state index < -0.39 is 0 Å². The number of benzene rings is 1. The van der Waals surface area contributed by atoms with Crippen LogP contribution < -0.4 is 0 Å². The quantitative estimate of drug-likeness (QED) is 0.777. The molecule has 2 aliphatic carbocycles. The van der Waals surface area contributed by atoms with Gasteiger partial charge in [-0.15, -0.1) is 0 Å². The van der Waals surface area contributed by atoms with Crippen molar-refractivity contribution in [3.63, 3.8) is 0 Å². The summed E-state index contributed by atoms with van der Waals surface area (Å²) in [6.45, 7) is 1.25. The molecule has 19 heavy (non-hydrogen) atoms. The van der Waals surface area contributed by atoms with Crippen molar-refractivity contribution in [2.45, 2.75) is 38.0 Å². The van der Waals surface area contributed by atoms with Gasteiger partial charge < -0.3 is 4.90 Å². The Balaban J connectivity index is 1.88. The van der Waals surface area contributed by atoms with E-state index in [1.165, 1.54) is 38.6 Å². The lowest BCUT2D eigenvalue weighted by Crippen LogP contribution is -2.36. The molecule has 3 unspecified atom stereocenters. The van der Waals surface area contributed by atoms with E-state index in [0.29, 0.717) is 0 Å². The molecule has 2 heteroatoms. The van der Waals surface area contributed by atoms with Crippen LogP contribution in [0.5, 0.6) is 0 Å².